The molecule has 8 heteroatoms. The molecular formula is C19H17F4N3O. The molecule has 0 N–H and O–H groups in total. The van der Waals surface area contributed by atoms with Crippen molar-refractivity contribution in [2.75, 3.05) is 6.54 Å². The highest BCUT2D eigenvalue weighted by Gasteiger charge is 2.34. The van der Waals surface area contributed by atoms with E-state index in [1.165, 1.54) is 11.1 Å². The Hall–Kier alpha value is -2.77. The Kier molecular flexibility index (Phi) is 5.25. The number of hydrogen-bond acceptors (Lipinski definition) is 3. The van der Waals surface area contributed by atoms with Crippen molar-refractivity contribution in [1.29, 1.82) is 0 Å². The van der Waals surface area contributed by atoms with Crippen LogP contribution in [0.4, 0.5) is 17.6 Å². The van der Waals surface area contributed by atoms with Gasteiger partial charge in [0.2, 0.25) is 5.91 Å². The molecular weight excluding hydrogens is 362 g/mol. The number of alkyl halides is 3. The smallest absolute Gasteiger partial charge is 0.273 e. The standard InChI is InChI=1S/C19H17F4N3O/c1-12-4-2-5-16(24-12)17(25-26-9-3-6-18(26)27)11-13-7-8-15(20)14(10-13)19(21,22)23/h2,4-5,7-8,10H,3,6,9,11H2,1H3/b25-17-. The number of hydrogen-bond donors (Lipinski definition) is 0. The third kappa shape index (κ3) is 4.50. The van der Waals surface area contributed by atoms with Crippen LogP contribution in [0.5, 0.6) is 0 Å². The third-order valence-electron chi connectivity index (χ3n) is 4.18. The minimum Gasteiger partial charge on any atom is -0.273 e. The van der Waals surface area contributed by atoms with E-state index in [1.54, 1.807) is 25.1 Å². The number of pyridine rings is 1. The Balaban J connectivity index is 1.99. The molecule has 3 rings (SSSR count). The highest BCUT2D eigenvalue weighted by Crippen LogP contribution is 2.32. The van der Waals surface area contributed by atoms with E-state index in [-0.39, 0.29) is 17.9 Å². The lowest BCUT2D eigenvalue weighted by molar-refractivity contribution is -0.140. The van der Waals surface area contributed by atoms with Crippen LogP contribution in [0.15, 0.2) is 41.5 Å². The van der Waals surface area contributed by atoms with Gasteiger partial charge in [-0.1, -0.05) is 12.1 Å². The van der Waals surface area contributed by atoms with Crippen molar-refractivity contribution in [3.05, 3.63) is 64.7 Å². The molecule has 4 nitrogen and oxygen atoms in total. The summed E-state index contributed by atoms with van der Waals surface area (Å²) in [5.41, 5.74) is 0.440. The molecule has 1 amide bonds. The van der Waals surface area contributed by atoms with E-state index >= 15 is 0 Å². The van der Waals surface area contributed by atoms with Crippen LogP contribution in [-0.2, 0) is 17.4 Å². The van der Waals surface area contributed by atoms with E-state index in [0.717, 1.165) is 12.1 Å². The highest BCUT2D eigenvalue weighted by atomic mass is 19.4. The van der Waals surface area contributed by atoms with Crippen LogP contribution in [0.1, 0.15) is 35.4 Å². The first-order valence-corrected chi connectivity index (χ1v) is 8.41. The number of benzene rings is 1. The Bertz CT molecular complexity index is 893. The highest BCUT2D eigenvalue weighted by molar-refractivity contribution is 6.01. The zero-order valence-corrected chi connectivity index (χ0v) is 14.6. The summed E-state index contributed by atoms with van der Waals surface area (Å²) in [6.45, 7) is 2.23. The number of nitrogens with zero attached hydrogens (tertiary/aromatic N) is 3. The van der Waals surface area contributed by atoms with Gasteiger partial charge in [0.25, 0.3) is 0 Å². The second-order valence-corrected chi connectivity index (χ2v) is 6.32. The lowest BCUT2D eigenvalue weighted by Crippen LogP contribution is -2.22. The molecule has 2 heterocycles. The Morgan fingerprint density at radius 2 is 2.04 bits per heavy atom. The van der Waals surface area contributed by atoms with Crippen LogP contribution >= 0.6 is 0 Å². The molecule has 0 bridgehead atoms. The van der Waals surface area contributed by atoms with Gasteiger partial charge in [0.15, 0.2) is 0 Å². The van der Waals surface area contributed by atoms with E-state index < -0.39 is 17.6 Å². The van der Waals surface area contributed by atoms with Crippen LogP contribution in [0, 0.1) is 12.7 Å². The van der Waals surface area contributed by atoms with Crippen molar-refractivity contribution >= 4 is 11.6 Å². The predicted molar refractivity (Wildman–Crippen MR) is 91.6 cm³/mol. The molecule has 1 aromatic carbocycles. The number of hydrazone groups is 1. The Morgan fingerprint density at radius 3 is 2.67 bits per heavy atom. The molecule has 2 aromatic rings. The van der Waals surface area contributed by atoms with Crippen molar-refractivity contribution in [2.24, 2.45) is 5.10 Å². The molecule has 27 heavy (non-hydrogen) atoms. The van der Waals surface area contributed by atoms with Crippen LogP contribution < -0.4 is 0 Å². The average molecular weight is 379 g/mol. The molecule has 1 saturated heterocycles. The number of amides is 1. The number of rotatable bonds is 4. The van der Waals surface area contributed by atoms with E-state index in [1.807, 2.05) is 0 Å². The molecule has 1 aliphatic heterocycles. The summed E-state index contributed by atoms with van der Waals surface area (Å²) in [6.07, 6.45) is -3.74. The molecule has 0 saturated carbocycles. The van der Waals surface area contributed by atoms with E-state index in [0.29, 0.717) is 36.5 Å². The van der Waals surface area contributed by atoms with Crippen molar-refractivity contribution in [1.82, 2.24) is 9.99 Å². The summed E-state index contributed by atoms with van der Waals surface area (Å²) in [7, 11) is 0. The van der Waals surface area contributed by atoms with Crippen molar-refractivity contribution in [2.45, 2.75) is 32.4 Å². The first-order chi connectivity index (χ1) is 12.7. The zero-order valence-electron chi connectivity index (χ0n) is 14.6. The zero-order chi connectivity index (χ0) is 19.6. The summed E-state index contributed by atoms with van der Waals surface area (Å²) in [4.78, 5) is 16.3. The first kappa shape index (κ1) is 19.0. The molecule has 0 spiro atoms. The van der Waals surface area contributed by atoms with Crippen LogP contribution in [0.3, 0.4) is 0 Å². The number of aromatic nitrogens is 1. The minimum absolute atomic E-state index is 0.0103. The lowest BCUT2D eigenvalue weighted by Gasteiger charge is -2.14. The molecule has 0 aliphatic carbocycles. The maximum atomic E-state index is 13.5. The summed E-state index contributed by atoms with van der Waals surface area (Å²) < 4.78 is 52.5. The quantitative estimate of drug-likeness (QED) is 0.593. The minimum atomic E-state index is -4.79. The van der Waals surface area contributed by atoms with Crippen molar-refractivity contribution < 1.29 is 22.4 Å². The largest absolute Gasteiger partial charge is 0.419 e. The van der Waals surface area contributed by atoms with E-state index in [2.05, 4.69) is 10.1 Å². The molecule has 1 aliphatic rings. The maximum absolute atomic E-state index is 13.5. The van der Waals surface area contributed by atoms with E-state index in [9.17, 15) is 22.4 Å². The summed E-state index contributed by atoms with van der Waals surface area (Å²) >= 11 is 0. The molecule has 0 radical (unpaired) electrons. The van der Waals surface area contributed by atoms with Gasteiger partial charge in [0.05, 0.1) is 17.0 Å². The van der Waals surface area contributed by atoms with Gasteiger partial charge in [0.1, 0.15) is 5.82 Å². The van der Waals surface area contributed by atoms with Gasteiger partial charge in [-0.2, -0.15) is 18.3 Å². The topological polar surface area (TPSA) is 45.6 Å². The fraction of sp³-hybridized carbons (Fsp3) is 0.316. The fourth-order valence-electron chi connectivity index (χ4n) is 2.86. The SMILES string of the molecule is Cc1cccc(/C(Cc2ccc(F)c(C(F)(F)F)c2)=N\N2CCCC2=O)n1. The normalized spacial score (nSPS) is 15.5. The van der Waals surface area contributed by atoms with Gasteiger partial charge >= 0.3 is 6.18 Å². The molecule has 1 fully saturated rings. The lowest BCUT2D eigenvalue weighted by atomic mass is 10.0. The maximum Gasteiger partial charge on any atom is 0.419 e. The predicted octanol–water partition coefficient (Wildman–Crippen LogP) is 4.12. The summed E-state index contributed by atoms with van der Waals surface area (Å²) in [5.74, 6) is -1.47. The molecule has 1 aromatic heterocycles. The van der Waals surface area contributed by atoms with Crippen molar-refractivity contribution in [3.8, 4) is 0 Å². The third-order valence-corrected chi connectivity index (χ3v) is 4.18. The summed E-state index contributed by atoms with van der Waals surface area (Å²) in [6, 6.07) is 8.06. The number of carbonyl (C=O) groups is 1. The second kappa shape index (κ2) is 7.46. The van der Waals surface area contributed by atoms with Crippen LogP contribution in [0.25, 0.3) is 0 Å². The Labute approximate surface area is 153 Å². The number of halogens is 4. The average Bonchev–Trinajstić information content (AvgIpc) is 3.00. The first-order valence-electron chi connectivity index (χ1n) is 8.41. The van der Waals surface area contributed by atoms with Crippen molar-refractivity contribution in [3.63, 3.8) is 0 Å². The number of carbonyl (C=O) groups excluding carboxylic acids is 1. The van der Waals surface area contributed by atoms with Gasteiger partial charge in [-0.05, 0) is 43.2 Å². The molecule has 0 atom stereocenters. The van der Waals surface area contributed by atoms with Gasteiger partial charge in [-0.3, -0.25) is 9.78 Å². The molecule has 0 unspecified atom stereocenters. The van der Waals surface area contributed by atoms with Gasteiger partial charge in [-0.15, -0.1) is 0 Å². The summed E-state index contributed by atoms with van der Waals surface area (Å²) in [5, 5.41) is 5.65. The monoisotopic (exact) mass is 379 g/mol. The van der Waals surface area contributed by atoms with Gasteiger partial charge < -0.3 is 0 Å². The second-order valence-electron chi connectivity index (χ2n) is 6.32. The van der Waals surface area contributed by atoms with Gasteiger partial charge in [-0.25, -0.2) is 9.40 Å². The van der Waals surface area contributed by atoms with Crippen LogP contribution in [0.2, 0.25) is 0 Å². The molecule has 142 valence electrons. The van der Waals surface area contributed by atoms with Gasteiger partial charge in [0, 0.05) is 25.1 Å². The fourth-order valence-corrected chi connectivity index (χ4v) is 2.86. The van der Waals surface area contributed by atoms with Crippen LogP contribution in [-0.4, -0.2) is 28.2 Å². The number of aryl methyl sites for hydroxylation is 1. The van der Waals surface area contributed by atoms with E-state index in [4.69, 9.17) is 0 Å². The Morgan fingerprint density at radius 1 is 1.26 bits per heavy atom.